The largest absolute Gasteiger partial charge is 0.342 e. The van der Waals surface area contributed by atoms with E-state index in [0.29, 0.717) is 31.1 Å². The van der Waals surface area contributed by atoms with E-state index in [1.54, 1.807) is 10.4 Å². The Morgan fingerprint density at radius 1 is 1.33 bits per heavy atom. The minimum Gasteiger partial charge on any atom is -0.342 e. The first-order valence-corrected chi connectivity index (χ1v) is 9.85. The number of carbonyl (C=O) groups is 2. The first-order chi connectivity index (χ1) is 13.2. The molecule has 0 unspecified atom stereocenters. The smallest absolute Gasteiger partial charge is 0.231 e. The number of aromatic nitrogens is 4. The zero-order chi connectivity index (χ0) is 18.6. The van der Waals surface area contributed by atoms with E-state index in [1.807, 2.05) is 24.3 Å². The van der Waals surface area contributed by atoms with Gasteiger partial charge in [-0.3, -0.25) is 9.59 Å². The van der Waals surface area contributed by atoms with Crippen LogP contribution < -0.4 is 5.32 Å². The molecule has 0 radical (unpaired) electrons. The van der Waals surface area contributed by atoms with Gasteiger partial charge in [-0.25, -0.2) is 4.98 Å². The van der Waals surface area contributed by atoms with Crippen LogP contribution in [0.5, 0.6) is 0 Å². The van der Waals surface area contributed by atoms with Crippen LogP contribution in [0.1, 0.15) is 25.1 Å². The molecule has 0 aliphatic carbocycles. The summed E-state index contributed by atoms with van der Waals surface area (Å²) in [5, 5.41) is 10.8. The van der Waals surface area contributed by atoms with E-state index in [9.17, 15) is 9.59 Å². The molecule has 2 aromatic heterocycles. The third-order valence-electron chi connectivity index (χ3n) is 4.75. The SMILES string of the molecule is O=C(Nc1nncs1)[C@@H]1CCCN(C(=O)CCc2nc3ccccc3[nH]2)C1. The van der Waals surface area contributed by atoms with Gasteiger partial charge in [0.1, 0.15) is 11.3 Å². The van der Waals surface area contributed by atoms with E-state index in [-0.39, 0.29) is 17.7 Å². The van der Waals surface area contributed by atoms with Crippen LogP contribution in [0.4, 0.5) is 5.13 Å². The van der Waals surface area contributed by atoms with E-state index < -0.39 is 0 Å². The zero-order valence-corrected chi connectivity index (χ0v) is 15.5. The number of fused-ring (bicyclic) bond motifs is 1. The van der Waals surface area contributed by atoms with Gasteiger partial charge in [0.05, 0.1) is 17.0 Å². The molecule has 27 heavy (non-hydrogen) atoms. The number of aryl methyl sites for hydroxylation is 1. The number of hydrogen-bond donors (Lipinski definition) is 2. The van der Waals surface area contributed by atoms with Crippen LogP contribution in [0.3, 0.4) is 0 Å². The molecular weight excluding hydrogens is 364 g/mol. The number of hydrogen-bond acceptors (Lipinski definition) is 6. The number of imidazole rings is 1. The van der Waals surface area contributed by atoms with Crippen molar-refractivity contribution in [3.8, 4) is 0 Å². The van der Waals surface area contributed by atoms with Crippen molar-refractivity contribution in [3.05, 3.63) is 35.6 Å². The number of carbonyl (C=O) groups excluding carboxylic acids is 2. The number of rotatable bonds is 5. The summed E-state index contributed by atoms with van der Waals surface area (Å²) in [6.45, 7) is 1.14. The summed E-state index contributed by atoms with van der Waals surface area (Å²) in [5.41, 5.74) is 3.46. The number of anilines is 1. The highest BCUT2D eigenvalue weighted by molar-refractivity contribution is 7.13. The lowest BCUT2D eigenvalue weighted by Crippen LogP contribution is -2.43. The van der Waals surface area contributed by atoms with E-state index in [0.717, 1.165) is 29.7 Å². The molecule has 1 saturated heterocycles. The number of aromatic amines is 1. The minimum atomic E-state index is -0.210. The number of piperidine rings is 1. The Kier molecular flexibility index (Phi) is 5.10. The Labute approximate surface area is 160 Å². The van der Waals surface area contributed by atoms with Crippen molar-refractivity contribution in [1.82, 2.24) is 25.1 Å². The van der Waals surface area contributed by atoms with Gasteiger partial charge in [-0.05, 0) is 25.0 Å². The van der Waals surface area contributed by atoms with Gasteiger partial charge < -0.3 is 15.2 Å². The number of para-hydroxylation sites is 2. The number of H-pyrrole nitrogens is 1. The summed E-state index contributed by atoms with van der Waals surface area (Å²) >= 11 is 1.28. The minimum absolute atomic E-state index is 0.0591. The van der Waals surface area contributed by atoms with E-state index in [2.05, 4.69) is 25.5 Å². The van der Waals surface area contributed by atoms with Crippen LogP contribution in [-0.2, 0) is 16.0 Å². The third-order valence-corrected chi connectivity index (χ3v) is 5.36. The molecule has 0 bridgehead atoms. The van der Waals surface area contributed by atoms with Crippen LogP contribution in [0.2, 0.25) is 0 Å². The van der Waals surface area contributed by atoms with Crippen molar-refractivity contribution in [2.24, 2.45) is 5.92 Å². The van der Waals surface area contributed by atoms with Gasteiger partial charge in [-0.2, -0.15) is 0 Å². The normalized spacial score (nSPS) is 17.2. The molecule has 2 N–H and O–H groups in total. The molecule has 9 heteroatoms. The average molecular weight is 384 g/mol. The predicted molar refractivity (Wildman–Crippen MR) is 102 cm³/mol. The molecule has 1 atom stereocenters. The lowest BCUT2D eigenvalue weighted by molar-refractivity contribution is -0.134. The maximum atomic E-state index is 12.6. The Morgan fingerprint density at radius 2 is 2.22 bits per heavy atom. The molecule has 140 valence electrons. The van der Waals surface area contributed by atoms with Crippen LogP contribution in [0.15, 0.2) is 29.8 Å². The summed E-state index contributed by atoms with van der Waals surface area (Å²) in [6.07, 6.45) is 2.54. The maximum absolute atomic E-state index is 12.6. The highest BCUT2D eigenvalue weighted by atomic mass is 32.1. The van der Waals surface area contributed by atoms with Crippen LogP contribution in [0.25, 0.3) is 11.0 Å². The lowest BCUT2D eigenvalue weighted by Gasteiger charge is -2.31. The quantitative estimate of drug-likeness (QED) is 0.702. The molecule has 0 saturated carbocycles. The highest BCUT2D eigenvalue weighted by Crippen LogP contribution is 2.20. The molecule has 1 aliphatic rings. The lowest BCUT2D eigenvalue weighted by atomic mass is 9.97. The molecular formula is C18H20N6O2S. The first-order valence-electron chi connectivity index (χ1n) is 8.97. The molecule has 3 aromatic rings. The molecule has 4 rings (SSSR count). The number of amides is 2. The van der Waals surface area contributed by atoms with E-state index >= 15 is 0 Å². The number of likely N-dealkylation sites (tertiary alicyclic amines) is 1. The highest BCUT2D eigenvalue weighted by Gasteiger charge is 2.28. The summed E-state index contributed by atoms with van der Waals surface area (Å²) in [4.78, 5) is 34.5. The fourth-order valence-electron chi connectivity index (χ4n) is 3.36. The third kappa shape index (κ3) is 4.13. The fourth-order valence-corrected chi connectivity index (χ4v) is 3.81. The van der Waals surface area contributed by atoms with Crippen molar-refractivity contribution in [2.75, 3.05) is 18.4 Å². The van der Waals surface area contributed by atoms with Crippen LogP contribution in [-0.4, -0.2) is 50.0 Å². The molecule has 1 aliphatic heterocycles. The average Bonchev–Trinajstić information content (AvgIpc) is 3.35. The Balaban J connectivity index is 1.32. The van der Waals surface area contributed by atoms with Gasteiger partial charge in [-0.15, -0.1) is 10.2 Å². The van der Waals surface area contributed by atoms with Gasteiger partial charge in [-0.1, -0.05) is 23.5 Å². The molecule has 1 fully saturated rings. The van der Waals surface area contributed by atoms with Gasteiger partial charge in [0, 0.05) is 25.9 Å². The van der Waals surface area contributed by atoms with Crippen molar-refractivity contribution >= 4 is 39.3 Å². The molecule has 8 nitrogen and oxygen atoms in total. The van der Waals surface area contributed by atoms with Gasteiger partial charge >= 0.3 is 0 Å². The number of nitrogens with one attached hydrogen (secondary N) is 2. The van der Waals surface area contributed by atoms with Crippen LogP contribution >= 0.6 is 11.3 Å². The Bertz CT molecular complexity index is 905. The standard InChI is InChI=1S/C18H20N6O2S/c25-16(8-7-15-20-13-5-1-2-6-14(13)21-15)24-9-3-4-12(10-24)17(26)22-18-23-19-11-27-18/h1-2,5-6,11-12H,3-4,7-10H2,(H,20,21)(H,22,23,26)/t12-/m1/s1. The second-order valence-electron chi connectivity index (χ2n) is 6.61. The summed E-state index contributed by atoms with van der Waals surface area (Å²) in [7, 11) is 0. The maximum Gasteiger partial charge on any atom is 0.231 e. The fraction of sp³-hybridized carbons (Fsp3) is 0.389. The van der Waals surface area contributed by atoms with E-state index in [1.165, 1.54) is 11.3 Å². The summed E-state index contributed by atoms with van der Waals surface area (Å²) in [6, 6.07) is 7.82. The van der Waals surface area contributed by atoms with Crippen molar-refractivity contribution in [2.45, 2.75) is 25.7 Å². The Morgan fingerprint density at radius 3 is 3.04 bits per heavy atom. The van der Waals surface area contributed by atoms with Crippen LogP contribution in [0, 0.1) is 5.92 Å². The second kappa shape index (κ2) is 7.83. The summed E-state index contributed by atoms with van der Waals surface area (Å²) < 4.78 is 0. The number of benzene rings is 1. The molecule has 1 aromatic carbocycles. The summed E-state index contributed by atoms with van der Waals surface area (Å²) in [5.74, 6) is 0.565. The monoisotopic (exact) mass is 384 g/mol. The van der Waals surface area contributed by atoms with Gasteiger partial charge in [0.25, 0.3) is 0 Å². The van der Waals surface area contributed by atoms with Gasteiger partial charge in [0.2, 0.25) is 16.9 Å². The van der Waals surface area contributed by atoms with Crippen molar-refractivity contribution < 1.29 is 9.59 Å². The van der Waals surface area contributed by atoms with Crippen molar-refractivity contribution in [3.63, 3.8) is 0 Å². The zero-order valence-electron chi connectivity index (χ0n) is 14.7. The Hall–Kier alpha value is -2.81. The molecule has 0 spiro atoms. The first kappa shape index (κ1) is 17.6. The topological polar surface area (TPSA) is 104 Å². The van der Waals surface area contributed by atoms with E-state index in [4.69, 9.17) is 0 Å². The predicted octanol–water partition coefficient (Wildman–Crippen LogP) is 2.22. The van der Waals surface area contributed by atoms with Crippen molar-refractivity contribution in [1.29, 1.82) is 0 Å². The molecule has 3 heterocycles. The second-order valence-corrected chi connectivity index (χ2v) is 7.45. The number of nitrogens with zero attached hydrogens (tertiary/aromatic N) is 4. The van der Waals surface area contributed by atoms with Gasteiger partial charge in [0.15, 0.2) is 0 Å². The molecule has 2 amide bonds.